The van der Waals surface area contributed by atoms with Crippen LogP contribution in [0.3, 0.4) is 0 Å². The van der Waals surface area contributed by atoms with E-state index in [1.54, 1.807) is 30.9 Å². The van der Waals surface area contributed by atoms with Gasteiger partial charge in [0.05, 0.1) is 0 Å². The standard InChI is InChI=1S/C14H18FNO2S/c1-16-14(13(17)18)8-2-3-12(9-14)19-11-6-4-10(15)5-7-11/h4-7,12,16H,2-3,8-9H2,1H3,(H,17,18). The van der Waals surface area contributed by atoms with Crippen LogP contribution in [-0.2, 0) is 4.79 Å². The fourth-order valence-corrected chi connectivity index (χ4v) is 3.89. The van der Waals surface area contributed by atoms with Crippen molar-refractivity contribution >= 4 is 17.7 Å². The van der Waals surface area contributed by atoms with Gasteiger partial charge >= 0.3 is 5.97 Å². The zero-order chi connectivity index (χ0) is 13.9. The lowest BCUT2D eigenvalue weighted by molar-refractivity contribution is -0.146. The molecule has 0 spiro atoms. The molecule has 1 aromatic carbocycles. The van der Waals surface area contributed by atoms with Crippen LogP contribution in [0.25, 0.3) is 0 Å². The Kier molecular flexibility index (Phi) is 4.47. The van der Waals surface area contributed by atoms with Crippen LogP contribution in [-0.4, -0.2) is 28.9 Å². The average molecular weight is 283 g/mol. The van der Waals surface area contributed by atoms with Gasteiger partial charge in [-0.1, -0.05) is 0 Å². The molecular weight excluding hydrogens is 265 g/mol. The predicted octanol–water partition coefficient (Wildman–Crippen LogP) is 2.90. The summed E-state index contributed by atoms with van der Waals surface area (Å²) in [6.07, 6.45) is 3.16. The summed E-state index contributed by atoms with van der Waals surface area (Å²) < 4.78 is 12.9. The van der Waals surface area contributed by atoms with Crippen molar-refractivity contribution in [1.82, 2.24) is 5.32 Å². The van der Waals surface area contributed by atoms with E-state index < -0.39 is 11.5 Å². The zero-order valence-corrected chi connectivity index (χ0v) is 11.7. The van der Waals surface area contributed by atoms with Crippen molar-refractivity contribution in [3.63, 3.8) is 0 Å². The van der Waals surface area contributed by atoms with E-state index in [9.17, 15) is 14.3 Å². The molecule has 2 N–H and O–H groups in total. The molecule has 1 fully saturated rings. The predicted molar refractivity (Wildman–Crippen MR) is 73.9 cm³/mol. The molecular formula is C14H18FNO2S. The summed E-state index contributed by atoms with van der Waals surface area (Å²) in [7, 11) is 1.71. The lowest BCUT2D eigenvalue weighted by Gasteiger charge is -2.37. The molecule has 0 radical (unpaired) electrons. The van der Waals surface area contributed by atoms with E-state index in [1.807, 2.05) is 0 Å². The van der Waals surface area contributed by atoms with Crippen LogP contribution < -0.4 is 5.32 Å². The molecule has 1 aromatic rings. The van der Waals surface area contributed by atoms with Crippen molar-refractivity contribution in [1.29, 1.82) is 0 Å². The molecule has 2 rings (SSSR count). The molecule has 0 saturated heterocycles. The maximum atomic E-state index is 12.9. The SMILES string of the molecule is CNC1(C(=O)O)CCCC(Sc2ccc(F)cc2)C1. The number of aliphatic carboxylic acids is 1. The highest BCUT2D eigenvalue weighted by atomic mass is 32.2. The molecule has 0 aromatic heterocycles. The fraction of sp³-hybridized carbons (Fsp3) is 0.500. The van der Waals surface area contributed by atoms with E-state index in [0.717, 1.165) is 17.7 Å². The zero-order valence-electron chi connectivity index (χ0n) is 10.9. The maximum Gasteiger partial charge on any atom is 0.323 e. The number of carboxylic acids is 1. The molecule has 0 aliphatic heterocycles. The minimum atomic E-state index is -0.810. The van der Waals surface area contributed by atoms with E-state index in [-0.39, 0.29) is 11.1 Å². The molecule has 5 heteroatoms. The fourth-order valence-electron chi connectivity index (χ4n) is 2.56. The van der Waals surface area contributed by atoms with Crippen molar-refractivity contribution in [2.75, 3.05) is 7.05 Å². The Bertz CT molecular complexity index is 451. The summed E-state index contributed by atoms with van der Waals surface area (Å²) >= 11 is 1.64. The lowest BCUT2D eigenvalue weighted by atomic mass is 9.81. The van der Waals surface area contributed by atoms with Gasteiger partial charge in [0, 0.05) is 10.1 Å². The summed E-state index contributed by atoms with van der Waals surface area (Å²) in [5.41, 5.74) is -0.810. The summed E-state index contributed by atoms with van der Waals surface area (Å²) in [5.74, 6) is -1.03. The van der Waals surface area contributed by atoms with E-state index in [0.29, 0.717) is 12.8 Å². The Morgan fingerprint density at radius 3 is 2.74 bits per heavy atom. The third kappa shape index (κ3) is 3.28. The van der Waals surface area contributed by atoms with Gasteiger partial charge < -0.3 is 10.4 Å². The van der Waals surface area contributed by atoms with Gasteiger partial charge in [-0.3, -0.25) is 4.79 Å². The van der Waals surface area contributed by atoms with Crippen molar-refractivity contribution in [3.05, 3.63) is 30.1 Å². The van der Waals surface area contributed by atoms with E-state index >= 15 is 0 Å². The minimum Gasteiger partial charge on any atom is -0.480 e. The second-order valence-electron chi connectivity index (χ2n) is 4.93. The second-order valence-corrected chi connectivity index (χ2v) is 6.30. The monoisotopic (exact) mass is 283 g/mol. The largest absolute Gasteiger partial charge is 0.480 e. The number of hydrogen-bond donors (Lipinski definition) is 2. The van der Waals surface area contributed by atoms with Gasteiger partial charge in [-0.15, -0.1) is 11.8 Å². The van der Waals surface area contributed by atoms with Crippen LogP contribution >= 0.6 is 11.8 Å². The second kappa shape index (κ2) is 5.92. The maximum absolute atomic E-state index is 12.9. The van der Waals surface area contributed by atoms with Crippen LogP contribution in [0.5, 0.6) is 0 Å². The molecule has 1 aliphatic carbocycles. The number of carbonyl (C=O) groups is 1. The van der Waals surface area contributed by atoms with Crippen LogP contribution in [0.4, 0.5) is 4.39 Å². The van der Waals surface area contributed by atoms with E-state index in [1.165, 1.54) is 12.1 Å². The highest BCUT2D eigenvalue weighted by molar-refractivity contribution is 8.00. The number of halogens is 1. The molecule has 1 saturated carbocycles. The lowest BCUT2D eigenvalue weighted by Crippen LogP contribution is -2.53. The average Bonchev–Trinajstić information content (AvgIpc) is 2.41. The van der Waals surface area contributed by atoms with Gasteiger partial charge in [-0.2, -0.15) is 0 Å². The number of nitrogens with one attached hydrogen (secondary N) is 1. The number of rotatable bonds is 4. The van der Waals surface area contributed by atoms with Gasteiger partial charge in [-0.25, -0.2) is 4.39 Å². The van der Waals surface area contributed by atoms with Crippen molar-refractivity contribution < 1.29 is 14.3 Å². The summed E-state index contributed by atoms with van der Waals surface area (Å²) in [6.45, 7) is 0. The summed E-state index contributed by atoms with van der Waals surface area (Å²) in [5, 5.41) is 12.6. The third-order valence-electron chi connectivity index (χ3n) is 3.71. The molecule has 19 heavy (non-hydrogen) atoms. The highest BCUT2D eigenvalue weighted by Gasteiger charge is 2.41. The first kappa shape index (κ1) is 14.3. The van der Waals surface area contributed by atoms with Crippen LogP contribution in [0.1, 0.15) is 25.7 Å². The van der Waals surface area contributed by atoms with Crippen LogP contribution in [0.15, 0.2) is 29.2 Å². The highest BCUT2D eigenvalue weighted by Crippen LogP contribution is 2.38. The van der Waals surface area contributed by atoms with Crippen molar-refractivity contribution in [2.24, 2.45) is 0 Å². The Morgan fingerprint density at radius 2 is 2.16 bits per heavy atom. The molecule has 0 amide bonds. The van der Waals surface area contributed by atoms with Crippen molar-refractivity contribution in [2.45, 2.75) is 41.4 Å². The van der Waals surface area contributed by atoms with Gasteiger partial charge in [-0.05, 0) is 57.0 Å². The van der Waals surface area contributed by atoms with E-state index in [2.05, 4.69) is 5.32 Å². The first-order valence-electron chi connectivity index (χ1n) is 6.40. The molecule has 2 unspecified atom stereocenters. The summed E-state index contributed by atoms with van der Waals surface area (Å²) in [6, 6.07) is 6.37. The smallest absolute Gasteiger partial charge is 0.323 e. The summed E-state index contributed by atoms with van der Waals surface area (Å²) in [4.78, 5) is 12.4. The number of likely N-dealkylation sites (N-methyl/N-ethyl adjacent to an activating group) is 1. The van der Waals surface area contributed by atoms with Crippen molar-refractivity contribution in [3.8, 4) is 0 Å². The first-order valence-corrected chi connectivity index (χ1v) is 7.28. The molecule has 0 heterocycles. The minimum absolute atomic E-state index is 0.247. The van der Waals surface area contributed by atoms with Gasteiger partial charge in [0.1, 0.15) is 11.4 Å². The molecule has 0 bridgehead atoms. The Balaban J connectivity index is 2.05. The number of benzene rings is 1. The van der Waals surface area contributed by atoms with E-state index in [4.69, 9.17) is 0 Å². The van der Waals surface area contributed by atoms with Gasteiger partial charge in [0.25, 0.3) is 0 Å². The molecule has 1 aliphatic rings. The van der Waals surface area contributed by atoms with Gasteiger partial charge in [0.2, 0.25) is 0 Å². The Labute approximate surface area is 116 Å². The molecule has 2 atom stereocenters. The number of thioether (sulfide) groups is 1. The molecule has 3 nitrogen and oxygen atoms in total. The quantitative estimate of drug-likeness (QED) is 0.892. The van der Waals surface area contributed by atoms with Gasteiger partial charge in [0.15, 0.2) is 0 Å². The third-order valence-corrected chi connectivity index (χ3v) is 4.99. The Hall–Kier alpha value is -1.07. The van der Waals surface area contributed by atoms with Crippen LogP contribution in [0.2, 0.25) is 0 Å². The molecule has 104 valence electrons. The normalized spacial score (nSPS) is 27.2. The first-order chi connectivity index (χ1) is 9.05. The topological polar surface area (TPSA) is 49.3 Å². The Morgan fingerprint density at radius 1 is 1.47 bits per heavy atom. The number of carboxylic acid groups (broad SMARTS) is 1. The number of hydrogen-bond acceptors (Lipinski definition) is 3. The van der Waals surface area contributed by atoms with Crippen LogP contribution in [0, 0.1) is 5.82 Å².